The van der Waals surface area contributed by atoms with Crippen LogP contribution in [0.3, 0.4) is 0 Å². The topological polar surface area (TPSA) is 106 Å². The van der Waals surface area contributed by atoms with Crippen LogP contribution < -0.4 is 5.43 Å². The molecule has 0 aromatic carbocycles. The fourth-order valence-corrected chi connectivity index (χ4v) is 5.42. The van der Waals surface area contributed by atoms with E-state index in [0.717, 1.165) is 5.01 Å². The number of hydrazone groups is 1. The summed E-state index contributed by atoms with van der Waals surface area (Å²) in [5.74, 6) is -0.105. The Labute approximate surface area is 160 Å². The van der Waals surface area contributed by atoms with E-state index in [2.05, 4.69) is 20.6 Å². The number of amides is 1. The van der Waals surface area contributed by atoms with Crippen LogP contribution >= 0.6 is 22.9 Å². The quantitative estimate of drug-likeness (QED) is 0.590. The lowest BCUT2D eigenvalue weighted by atomic mass is 10.2. The van der Waals surface area contributed by atoms with Gasteiger partial charge in [0, 0.05) is 5.38 Å². The van der Waals surface area contributed by atoms with Crippen LogP contribution in [0.2, 0.25) is 5.15 Å². The molecule has 1 N–H and O–H groups in total. The van der Waals surface area contributed by atoms with Crippen LogP contribution in [0, 0.1) is 13.8 Å². The highest BCUT2D eigenvalue weighted by atomic mass is 35.5. The Hall–Kier alpha value is -1.78. The van der Waals surface area contributed by atoms with Crippen molar-refractivity contribution in [1.29, 1.82) is 0 Å². The number of hydrogen-bond acceptors (Lipinski definition) is 7. The van der Waals surface area contributed by atoms with Crippen molar-refractivity contribution in [3.63, 3.8) is 0 Å². The number of sulfone groups is 1. The largest absolute Gasteiger partial charge is 0.273 e. The Morgan fingerprint density at radius 1 is 1.54 bits per heavy atom. The molecule has 2 aromatic rings. The van der Waals surface area contributed by atoms with Crippen LogP contribution in [-0.4, -0.2) is 46.8 Å². The smallest absolute Gasteiger partial charge is 0.246 e. The zero-order valence-corrected chi connectivity index (χ0v) is 16.7. The van der Waals surface area contributed by atoms with Crippen molar-refractivity contribution in [2.75, 3.05) is 11.5 Å². The monoisotopic (exact) mass is 415 g/mol. The van der Waals surface area contributed by atoms with Crippen LogP contribution in [0.5, 0.6) is 0 Å². The zero-order valence-electron chi connectivity index (χ0n) is 14.3. The minimum absolute atomic E-state index is 0.0359. The first-order valence-electron chi connectivity index (χ1n) is 7.93. The molecule has 0 radical (unpaired) electrons. The van der Waals surface area contributed by atoms with Crippen molar-refractivity contribution in [3.8, 4) is 0 Å². The number of aromatic nitrogens is 3. The highest BCUT2D eigenvalue weighted by Crippen LogP contribution is 2.29. The maximum Gasteiger partial charge on any atom is 0.246 e. The van der Waals surface area contributed by atoms with Crippen molar-refractivity contribution in [2.24, 2.45) is 5.10 Å². The number of carbonyl (C=O) groups is 1. The second-order valence-corrected chi connectivity index (χ2v) is 9.77. The Morgan fingerprint density at radius 3 is 2.92 bits per heavy atom. The van der Waals surface area contributed by atoms with Gasteiger partial charge in [0.2, 0.25) is 5.91 Å². The number of halogens is 1. The Balaban J connectivity index is 1.66. The van der Waals surface area contributed by atoms with Crippen LogP contribution in [0.15, 0.2) is 10.5 Å². The van der Waals surface area contributed by atoms with Crippen LogP contribution in [0.4, 0.5) is 0 Å². The van der Waals surface area contributed by atoms with E-state index in [1.807, 2.05) is 12.3 Å². The van der Waals surface area contributed by atoms with Crippen molar-refractivity contribution >= 4 is 44.9 Å². The van der Waals surface area contributed by atoms with E-state index < -0.39 is 9.84 Å². The molecule has 1 atom stereocenters. The lowest BCUT2D eigenvalue weighted by Gasteiger charge is -2.09. The number of aryl methyl sites for hydroxylation is 2. The Bertz CT molecular complexity index is 964. The standard InChI is InChI=1S/C15H18ClN5O3S2/c1-9-13(6-17-19-14(22)5-11-7-25-10(2)18-11)15(16)21(20-9)12-3-4-26(23,24)8-12/h6-7,12H,3-5,8H2,1-2H3,(H,19,22)/b17-6-/t12-/m1/s1. The molecule has 3 rings (SSSR count). The van der Waals surface area contributed by atoms with Gasteiger partial charge in [-0.1, -0.05) is 11.6 Å². The second kappa shape index (κ2) is 7.45. The van der Waals surface area contributed by atoms with E-state index in [0.29, 0.717) is 28.5 Å². The van der Waals surface area contributed by atoms with Gasteiger partial charge in [0.15, 0.2) is 9.84 Å². The maximum absolute atomic E-state index is 11.9. The van der Waals surface area contributed by atoms with Gasteiger partial charge in [-0.3, -0.25) is 4.79 Å². The molecule has 0 aliphatic carbocycles. The molecule has 1 saturated heterocycles. The van der Waals surface area contributed by atoms with Gasteiger partial charge in [-0.15, -0.1) is 11.3 Å². The summed E-state index contributed by atoms with van der Waals surface area (Å²) in [4.78, 5) is 16.1. The molecule has 0 spiro atoms. The van der Waals surface area contributed by atoms with Gasteiger partial charge in [0.05, 0.1) is 52.1 Å². The van der Waals surface area contributed by atoms with Crippen molar-refractivity contribution in [2.45, 2.75) is 32.7 Å². The summed E-state index contributed by atoms with van der Waals surface area (Å²) >= 11 is 7.83. The summed E-state index contributed by atoms with van der Waals surface area (Å²) in [6, 6.07) is -0.268. The molecule has 11 heteroatoms. The fourth-order valence-electron chi connectivity index (χ4n) is 2.75. The van der Waals surface area contributed by atoms with Crippen molar-refractivity contribution < 1.29 is 13.2 Å². The zero-order chi connectivity index (χ0) is 18.9. The predicted molar refractivity (Wildman–Crippen MR) is 101 cm³/mol. The number of rotatable bonds is 5. The van der Waals surface area contributed by atoms with Gasteiger partial charge >= 0.3 is 0 Å². The summed E-state index contributed by atoms with van der Waals surface area (Å²) in [6.07, 6.45) is 2.06. The SMILES string of the molecule is Cc1nc(CC(=O)N/N=C\c2c(C)nn([C@@H]3CCS(=O)(=O)C3)c2Cl)cs1. The van der Waals surface area contributed by atoms with Gasteiger partial charge in [-0.25, -0.2) is 23.5 Å². The molecule has 1 fully saturated rings. The normalized spacial score (nSPS) is 19.3. The highest BCUT2D eigenvalue weighted by molar-refractivity contribution is 7.91. The highest BCUT2D eigenvalue weighted by Gasteiger charge is 2.31. The van der Waals surface area contributed by atoms with Crippen molar-refractivity contribution in [1.82, 2.24) is 20.2 Å². The van der Waals surface area contributed by atoms with Gasteiger partial charge in [0.25, 0.3) is 0 Å². The number of carbonyl (C=O) groups excluding carboxylic acids is 1. The molecule has 140 valence electrons. The molecule has 1 aliphatic rings. The van der Waals surface area contributed by atoms with Gasteiger partial charge in [-0.2, -0.15) is 10.2 Å². The average molecular weight is 416 g/mol. The molecule has 0 unspecified atom stereocenters. The summed E-state index contributed by atoms with van der Waals surface area (Å²) in [7, 11) is -3.04. The van der Waals surface area contributed by atoms with E-state index in [1.165, 1.54) is 22.2 Å². The Kier molecular flexibility index (Phi) is 5.44. The van der Waals surface area contributed by atoms with Crippen LogP contribution in [0.25, 0.3) is 0 Å². The maximum atomic E-state index is 11.9. The minimum Gasteiger partial charge on any atom is -0.273 e. The lowest BCUT2D eigenvalue weighted by Crippen LogP contribution is -2.20. The second-order valence-electron chi connectivity index (χ2n) is 6.12. The molecule has 0 bridgehead atoms. The number of nitrogens with zero attached hydrogens (tertiary/aromatic N) is 4. The van der Waals surface area contributed by atoms with E-state index in [4.69, 9.17) is 11.6 Å². The first kappa shape index (κ1) is 19.0. The summed E-state index contributed by atoms with van der Waals surface area (Å²) < 4.78 is 24.8. The van der Waals surface area contributed by atoms with Crippen LogP contribution in [-0.2, 0) is 21.1 Å². The molecule has 1 amide bonds. The van der Waals surface area contributed by atoms with Gasteiger partial charge < -0.3 is 0 Å². The summed E-state index contributed by atoms with van der Waals surface area (Å²) in [6.45, 7) is 3.63. The molecule has 8 nitrogen and oxygen atoms in total. The van der Waals surface area contributed by atoms with Crippen LogP contribution in [0.1, 0.15) is 34.4 Å². The molecular formula is C15H18ClN5O3S2. The van der Waals surface area contributed by atoms with Gasteiger partial charge in [-0.05, 0) is 20.3 Å². The fraction of sp³-hybridized carbons (Fsp3) is 0.467. The molecule has 26 heavy (non-hydrogen) atoms. The third-order valence-corrected chi connectivity index (χ3v) is 6.97. The molecule has 1 aliphatic heterocycles. The molecular weight excluding hydrogens is 398 g/mol. The van der Waals surface area contributed by atoms with E-state index in [-0.39, 0.29) is 29.9 Å². The molecule has 0 saturated carbocycles. The van der Waals surface area contributed by atoms with E-state index in [9.17, 15) is 13.2 Å². The summed E-state index contributed by atoms with van der Waals surface area (Å²) in [5.41, 5.74) is 4.31. The lowest BCUT2D eigenvalue weighted by molar-refractivity contribution is -0.120. The Morgan fingerprint density at radius 2 is 2.31 bits per heavy atom. The molecule has 2 aromatic heterocycles. The first-order chi connectivity index (χ1) is 12.2. The third kappa shape index (κ3) is 4.30. The third-order valence-electron chi connectivity index (χ3n) is 4.02. The average Bonchev–Trinajstić information content (AvgIpc) is 3.20. The number of hydrogen-bond donors (Lipinski definition) is 1. The predicted octanol–water partition coefficient (Wildman–Crippen LogP) is 1.66. The molecule has 3 heterocycles. The van der Waals surface area contributed by atoms with Crippen molar-refractivity contribution in [3.05, 3.63) is 32.5 Å². The number of thiazole rings is 1. The van der Waals surface area contributed by atoms with Gasteiger partial charge in [0.1, 0.15) is 5.15 Å². The van der Waals surface area contributed by atoms with E-state index in [1.54, 1.807) is 6.92 Å². The number of nitrogens with one attached hydrogen (secondary N) is 1. The van der Waals surface area contributed by atoms with E-state index >= 15 is 0 Å². The first-order valence-corrected chi connectivity index (χ1v) is 11.0. The summed E-state index contributed by atoms with van der Waals surface area (Å²) in [5, 5.41) is 11.3. The minimum atomic E-state index is -3.04.